The molecule has 0 aliphatic carbocycles. The highest BCUT2D eigenvalue weighted by Gasteiger charge is 2.11. The van der Waals surface area contributed by atoms with Crippen molar-refractivity contribution in [3.05, 3.63) is 42.1 Å². The summed E-state index contributed by atoms with van der Waals surface area (Å²) in [6.07, 6.45) is 3.82. The van der Waals surface area contributed by atoms with Crippen molar-refractivity contribution < 1.29 is 4.74 Å². The second-order valence-corrected chi connectivity index (χ2v) is 5.79. The van der Waals surface area contributed by atoms with Crippen molar-refractivity contribution in [1.29, 1.82) is 0 Å². The van der Waals surface area contributed by atoms with Crippen LogP contribution in [-0.4, -0.2) is 33.6 Å². The monoisotopic (exact) mass is 335 g/mol. The van der Waals surface area contributed by atoms with Gasteiger partial charge in [0.05, 0.1) is 17.7 Å². The zero-order chi connectivity index (χ0) is 14.7. The average molecular weight is 336 g/mol. The van der Waals surface area contributed by atoms with Gasteiger partial charge in [0.15, 0.2) is 5.65 Å². The third-order valence-corrected chi connectivity index (χ3v) is 3.77. The van der Waals surface area contributed by atoms with Gasteiger partial charge in [-0.05, 0) is 43.0 Å². The summed E-state index contributed by atoms with van der Waals surface area (Å²) in [5, 5.41) is 0. The maximum absolute atomic E-state index is 5.91. The molecule has 0 spiro atoms. The van der Waals surface area contributed by atoms with Crippen LogP contribution in [0.4, 0.5) is 0 Å². The van der Waals surface area contributed by atoms with E-state index in [1.165, 1.54) is 5.56 Å². The largest absolute Gasteiger partial charge is 0.492 e. The maximum atomic E-state index is 5.91. The predicted octanol–water partition coefficient (Wildman–Crippen LogP) is 4.10. The van der Waals surface area contributed by atoms with Crippen LogP contribution in [0.2, 0.25) is 0 Å². The van der Waals surface area contributed by atoms with Gasteiger partial charge in [-0.1, -0.05) is 6.07 Å². The number of rotatable bonds is 5. The molecule has 1 aromatic carbocycles. The highest BCUT2D eigenvalue weighted by molar-refractivity contribution is 7.98. The molecule has 0 radical (unpaired) electrons. The first kappa shape index (κ1) is 16.6. The molecule has 22 heavy (non-hydrogen) atoms. The van der Waals surface area contributed by atoms with Gasteiger partial charge in [-0.2, -0.15) is 11.8 Å². The SMILES string of the molecule is CSCCOc1cc(C)ccc1-c1nc2ncccc2[nH]1.Cl. The van der Waals surface area contributed by atoms with Gasteiger partial charge in [0.25, 0.3) is 0 Å². The lowest BCUT2D eigenvalue weighted by Crippen LogP contribution is -2.01. The first-order chi connectivity index (χ1) is 10.3. The third-order valence-electron chi connectivity index (χ3n) is 3.19. The van der Waals surface area contributed by atoms with E-state index < -0.39 is 0 Å². The number of H-pyrrole nitrogens is 1. The Morgan fingerprint density at radius 1 is 1.27 bits per heavy atom. The Morgan fingerprint density at radius 2 is 2.14 bits per heavy atom. The number of nitrogens with zero attached hydrogens (tertiary/aromatic N) is 2. The predicted molar refractivity (Wildman–Crippen MR) is 95.2 cm³/mol. The molecule has 1 N–H and O–H groups in total. The highest BCUT2D eigenvalue weighted by atomic mass is 35.5. The number of hydrogen-bond donors (Lipinski definition) is 1. The minimum Gasteiger partial charge on any atom is -0.492 e. The van der Waals surface area contributed by atoms with Gasteiger partial charge < -0.3 is 9.72 Å². The molecule has 0 unspecified atom stereocenters. The molecule has 0 fully saturated rings. The lowest BCUT2D eigenvalue weighted by Gasteiger charge is -2.10. The quantitative estimate of drug-likeness (QED) is 0.713. The maximum Gasteiger partial charge on any atom is 0.178 e. The summed E-state index contributed by atoms with van der Waals surface area (Å²) >= 11 is 1.77. The molecule has 3 rings (SSSR count). The fourth-order valence-electron chi connectivity index (χ4n) is 2.15. The van der Waals surface area contributed by atoms with Crippen LogP contribution in [0.1, 0.15) is 5.56 Å². The van der Waals surface area contributed by atoms with Crippen molar-refractivity contribution in [2.24, 2.45) is 0 Å². The topological polar surface area (TPSA) is 50.8 Å². The Hall–Kier alpha value is -1.72. The van der Waals surface area contributed by atoms with Gasteiger partial charge in [-0.15, -0.1) is 12.4 Å². The van der Waals surface area contributed by atoms with E-state index in [0.717, 1.165) is 34.1 Å². The summed E-state index contributed by atoms with van der Waals surface area (Å²) in [6, 6.07) is 10.0. The molecule has 2 aromatic heterocycles. The summed E-state index contributed by atoms with van der Waals surface area (Å²) < 4.78 is 5.91. The Balaban J connectivity index is 0.00000176. The number of aromatic amines is 1. The summed E-state index contributed by atoms with van der Waals surface area (Å²) in [7, 11) is 0. The van der Waals surface area contributed by atoms with Crippen molar-refractivity contribution in [2.45, 2.75) is 6.92 Å². The number of aromatic nitrogens is 3. The Bertz CT molecular complexity index is 727. The van der Waals surface area contributed by atoms with E-state index in [1.807, 2.05) is 18.2 Å². The summed E-state index contributed by atoms with van der Waals surface area (Å²) in [6.45, 7) is 2.75. The molecule has 0 bridgehead atoms. The van der Waals surface area contributed by atoms with E-state index in [1.54, 1.807) is 18.0 Å². The van der Waals surface area contributed by atoms with Crippen molar-refractivity contribution in [3.8, 4) is 17.1 Å². The number of pyridine rings is 1. The first-order valence-corrected chi connectivity index (χ1v) is 8.21. The Kier molecular flexibility index (Phi) is 5.69. The molecular formula is C16H18ClN3OS. The second kappa shape index (κ2) is 7.51. The summed E-state index contributed by atoms with van der Waals surface area (Å²) in [5.41, 5.74) is 3.80. The van der Waals surface area contributed by atoms with Crippen molar-refractivity contribution >= 4 is 35.3 Å². The van der Waals surface area contributed by atoms with E-state index >= 15 is 0 Å². The molecule has 116 valence electrons. The molecule has 6 heteroatoms. The molecular weight excluding hydrogens is 318 g/mol. The zero-order valence-electron chi connectivity index (χ0n) is 12.5. The fraction of sp³-hybridized carbons (Fsp3) is 0.250. The number of benzene rings is 1. The van der Waals surface area contributed by atoms with E-state index in [4.69, 9.17) is 4.74 Å². The highest BCUT2D eigenvalue weighted by Crippen LogP contribution is 2.30. The number of halogens is 1. The van der Waals surface area contributed by atoms with Crippen LogP contribution in [0.3, 0.4) is 0 Å². The van der Waals surface area contributed by atoms with Crippen LogP contribution < -0.4 is 4.74 Å². The number of hydrogen-bond acceptors (Lipinski definition) is 4. The average Bonchev–Trinajstić information content (AvgIpc) is 2.91. The molecule has 2 heterocycles. The van der Waals surface area contributed by atoms with Crippen LogP contribution in [0, 0.1) is 6.92 Å². The molecule has 0 amide bonds. The number of ether oxygens (including phenoxy) is 1. The minimum absolute atomic E-state index is 0. The Labute approximate surface area is 140 Å². The number of fused-ring (bicyclic) bond motifs is 1. The first-order valence-electron chi connectivity index (χ1n) is 6.81. The van der Waals surface area contributed by atoms with Gasteiger partial charge >= 0.3 is 0 Å². The van der Waals surface area contributed by atoms with Gasteiger partial charge in [-0.25, -0.2) is 9.97 Å². The molecule has 4 nitrogen and oxygen atoms in total. The van der Waals surface area contributed by atoms with E-state index in [2.05, 4.69) is 40.3 Å². The fourth-order valence-corrected chi connectivity index (χ4v) is 2.40. The van der Waals surface area contributed by atoms with Crippen LogP contribution >= 0.6 is 24.2 Å². The molecule has 3 aromatic rings. The zero-order valence-corrected chi connectivity index (χ0v) is 14.1. The summed E-state index contributed by atoms with van der Waals surface area (Å²) in [5.74, 6) is 2.63. The van der Waals surface area contributed by atoms with Gasteiger partial charge in [0.2, 0.25) is 0 Å². The summed E-state index contributed by atoms with van der Waals surface area (Å²) in [4.78, 5) is 12.1. The van der Waals surface area contributed by atoms with Crippen molar-refractivity contribution in [2.75, 3.05) is 18.6 Å². The van der Waals surface area contributed by atoms with Crippen molar-refractivity contribution in [1.82, 2.24) is 15.0 Å². The van der Waals surface area contributed by atoms with Gasteiger partial charge in [0.1, 0.15) is 11.6 Å². The minimum atomic E-state index is 0. The van der Waals surface area contributed by atoms with Crippen molar-refractivity contribution in [3.63, 3.8) is 0 Å². The third kappa shape index (κ3) is 3.54. The van der Waals surface area contributed by atoms with E-state index in [0.29, 0.717) is 6.61 Å². The number of nitrogens with one attached hydrogen (secondary N) is 1. The van der Waals surface area contributed by atoms with Crippen LogP contribution in [0.15, 0.2) is 36.5 Å². The van der Waals surface area contributed by atoms with Crippen LogP contribution in [-0.2, 0) is 0 Å². The normalized spacial score (nSPS) is 10.5. The van der Waals surface area contributed by atoms with Crippen LogP contribution in [0.25, 0.3) is 22.6 Å². The molecule has 0 aliphatic heterocycles. The Morgan fingerprint density at radius 3 is 2.91 bits per heavy atom. The number of aryl methyl sites for hydroxylation is 1. The van der Waals surface area contributed by atoms with Gasteiger partial charge in [-0.3, -0.25) is 0 Å². The standard InChI is InChI=1S/C16H17N3OS.ClH/c1-11-5-6-12(14(10-11)20-8-9-21-2)15-18-13-4-3-7-17-16(13)19-15;/h3-7,10H,8-9H2,1-2H3,(H,17,18,19);1H. The molecule has 0 atom stereocenters. The molecule has 0 aliphatic rings. The van der Waals surface area contributed by atoms with E-state index in [-0.39, 0.29) is 12.4 Å². The number of thioether (sulfide) groups is 1. The molecule has 0 saturated carbocycles. The second-order valence-electron chi connectivity index (χ2n) is 4.80. The lowest BCUT2D eigenvalue weighted by atomic mass is 10.1. The lowest BCUT2D eigenvalue weighted by molar-refractivity contribution is 0.345. The van der Waals surface area contributed by atoms with Gasteiger partial charge in [0, 0.05) is 11.9 Å². The van der Waals surface area contributed by atoms with Crippen LogP contribution in [0.5, 0.6) is 5.75 Å². The number of imidazole rings is 1. The smallest absolute Gasteiger partial charge is 0.178 e. The molecule has 0 saturated heterocycles. The van der Waals surface area contributed by atoms with E-state index in [9.17, 15) is 0 Å².